The van der Waals surface area contributed by atoms with Crippen LogP contribution in [0.1, 0.15) is 19.8 Å². The van der Waals surface area contributed by atoms with Gasteiger partial charge in [0.2, 0.25) is 5.91 Å². The molecular formula is C13H16N2O5. The second kappa shape index (κ2) is 7.78. The SMILES string of the molecule is CCOC(=O)Nc1ccc(NC(=O)CCC(=O)O)cc1. The number of carbonyl (C=O) groups is 3. The van der Waals surface area contributed by atoms with Gasteiger partial charge in [0.05, 0.1) is 13.0 Å². The number of ether oxygens (including phenoxy) is 1. The fourth-order valence-corrected chi connectivity index (χ4v) is 1.37. The van der Waals surface area contributed by atoms with Crippen LogP contribution in [0, 0.1) is 0 Å². The summed E-state index contributed by atoms with van der Waals surface area (Å²) in [5, 5.41) is 13.5. The highest BCUT2D eigenvalue weighted by Crippen LogP contribution is 2.14. The van der Waals surface area contributed by atoms with Crippen LogP contribution in [0.15, 0.2) is 24.3 Å². The number of rotatable bonds is 6. The van der Waals surface area contributed by atoms with Crippen molar-refractivity contribution in [3.05, 3.63) is 24.3 Å². The Morgan fingerprint density at radius 3 is 2.10 bits per heavy atom. The Kier molecular flexibility index (Phi) is 6.02. The van der Waals surface area contributed by atoms with Crippen LogP contribution in [0.3, 0.4) is 0 Å². The highest BCUT2D eigenvalue weighted by molar-refractivity contribution is 5.93. The van der Waals surface area contributed by atoms with Gasteiger partial charge in [0, 0.05) is 17.8 Å². The van der Waals surface area contributed by atoms with Crippen LogP contribution >= 0.6 is 0 Å². The predicted octanol–water partition coefficient (Wildman–Crippen LogP) is 2.06. The van der Waals surface area contributed by atoms with E-state index in [1.54, 1.807) is 31.2 Å². The van der Waals surface area contributed by atoms with Crippen molar-refractivity contribution in [3.8, 4) is 0 Å². The first-order chi connectivity index (χ1) is 9.51. The lowest BCUT2D eigenvalue weighted by atomic mass is 10.2. The molecule has 0 aromatic heterocycles. The molecule has 0 saturated heterocycles. The normalized spacial score (nSPS) is 9.65. The quantitative estimate of drug-likeness (QED) is 0.739. The lowest BCUT2D eigenvalue weighted by Crippen LogP contribution is -2.14. The summed E-state index contributed by atoms with van der Waals surface area (Å²) in [5.41, 5.74) is 1.06. The van der Waals surface area contributed by atoms with Crippen LogP contribution in [-0.2, 0) is 14.3 Å². The van der Waals surface area contributed by atoms with Gasteiger partial charge in [-0.15, -0.1) is 0 Å². The summed E-state index contributed by atoms with van der Waals surface area (Å²) in [7, 11) is 0. The maximum absolute atomic E-state index is 11.4. The average molecular weight is 280 g/mol. The number of anilines is 2. The van der Waals surface area contributed by atoms with Gasteiger partial charge in [-0.05, 0) is 31.2 Å². The maximum atomic E-state index is 11.4. The van der Waals surface area contributed by atoms with Gasteiger partial charge in [-0.3, -0.25) is 14.9 Å². The van der Waals surface area contributed by atoms with Gasteiger partial charge >= 0.3 is 12.1 Å². The fraction of sp³-hybridized carbons (Fsp3) is 0.308. The fourth-order valence-electron chi connectivity index (χ4n) is 1.37. The molecule has 1 aromatic rings. The third kappa shape index (κ3) is 5.85. The summed E-state index contributed by atoms with van der Waals surface area (Å²) in [6, 6.07) is 6.40. The Morgan fingerprint density at radius 1 is 1.05 bits per heavy atom. The van der Waals surface area contributed by atoms with E-state index in [2.05, 4.69) is 10.6 Å². The summed E-state index contributed by atoms with van der Waals surface area (Å²) in [5.74, 6) is -1.40. The molecular weight excluding hydrogens is 264 g/mol. The largest absolute Gasteiger partial charge is 0.481 e. The van der Waals surface area contributed by atoms with Crippen LogP contribution in [0.25, 0.3) is 0 Å². The number of aliphatic carboxylic acids is 1. The number of nitrogens with one attached hydrogen (secondary N) is 2. The van der Waals surface area contributed by atoms with Crippen molar-refractivity contribution in [1.82, 2.24) is 0 Å². The van der Waals surface area contributed by atoms with Crippen molar-refractivity contribution in [2.75, 3.05) is 17.2 Å². The molecule has 2 amide bonds. The first-order valence-corrected chi connectivity index (χ1v) is 6.06. The topological polar surface area (TPSA) is 105 Å². The van der Waals surface area contributed by atoms with Gasteiger partial charge in [0.1, 0.15) is 0 Å². The Balaban J connectivity index is 2.47. The van der Waals surface area contributed by atoms with E-state index in [4.69, 9.17) is 9.84 Å². The lowest BCUT2D eigenvalue weighted by Gasteiger charge is -2.07. The maximum Gasteiger partial charge on any atom is 0.411 e. The standard InChI is InChI=1S/C13H16N2O5/c1-2-20-13(19)15-10-5-3-9(4-6-10)14-11(16)7-8-12(17)18/h3-6H,2,7-8H2,1H3,(H,14,16)(H,15,19)(H,17,18). The molecule has 0 atom stereocenters. The molecule has 1 rings (SSSR count). The number of carboxylic acid groups (broad SMARTS) is 1. The van der Waals surface area contributed by atoms with Gasteiger partial charge in [-0.1, -0.05) is 0 Å². The Hall–Kier alpha value is -2.57. The molecule has 7 heteroatoms. The highest BCUT2D eigenvalue weighted by Gasteiger charge is 2.06. The summed E-state index contributed by atoms with van der Waals surface area (Å²) >= 11 is 0. The average Bonchev–Trinajstić information content (AvgIpc) is 2.39. The van der Waals surface area contributed by atoms with E-state index in [0.29, 0.717) is 11.4 Å². The lowest BCUT2D eigenvalue weighted by molar-refractivity contribution is -0.138. The van der Waals surface area contributed by atoms with E-state index in [1.165, 1.54) is 0 Å². The van der Waals surface area contributed by atoms with Crippen molar-refractivity contribution in [2.24, 2.45) is 0 Å². The molecule has 0 aliphatic carbocycles. The van der Waals surface area contributed by atoms with Crippen LogP contribution in [0.4, 0.5) is 16.2 Å². The predicted molar refractivity (Wildman–Crippen MR) is 72.6 cm³/mol. The molecule has 0 spiro atoms. The third-order valence-electron chi connectivity index (χ3n) is 2.26. The smallest absolute Gasteiger partial charge is 0.411 e. The third-order valence-corrected chi connectivity index (χ3v) is 2.26. The minimum absolute atomic E-state index is 0.0852. The summed E-state index contributed by atoms with van der Waals surface area (Å²) < 4.78 is 4.72. The highest BCUT2D eigenvalue weighted by atomic mass is 16.5. The van der Waals surface area contributed by atoms with Crippen molar-refractivity contribution < 1.29 is 24.2 Å². The van der Waals surface area contributed by atoms with Crippen LogP contribution in [0.5, 0.6) is 0 Å². The van der Waals surface area contributed by atoms with Crippen LogP contribution in [-0.4, -0.2) is 29.7 Å². The molecule has 1 aromatic carbocycles. The summed E-state index contributed by atoms with van der Waals surface area (Å²) in [4.78, 5) is 32.9. The minimum Gasteiger partial charge on any atom is -0.481 e. The van der Waals surface area contributed by atoms with Crippen LogP contribution < -0.4 is 10.6 Å². The number of benzene rings is 1. The zero-order chi connectivity index (χ0) is 15.0. The van der Waals surface area contributed by atoms with Crippen molar-refractivity contribution in [1.29, 1.82) is 0 Å². The summed E-state index contributed by atoms with van der Waals surface area (Å²) in [6.07, 6.45) is -0.849. The molecule has 0 unspecified atom stereocenters. The minimum atomic E-state index is -1.02. The molecule has 3 N–H and O–H groups in total. The van der Waals surface area contributed by atoms with E-state index in [0.717, 1.165) is 0 Å². The Labute approximate surface area is 115 Å². The van der Waals surface area contributed by atoms with Crippen LogP contribution in [0.2, 0.25) is 0 Å². The molecule has 7 nitrogen and oxygen atoms in total. The van der Waals surface area contributed by atoms with Gasteiger partial charge in [-0.25, -0.2) is 4.79 Å². The first kappa shape index (κ1) is 15.5. The molecule has 0 aliphatic rings. The van der Waals surface area contributed by atoms with E-state index in [9.17, 15) is 14.4 Å². The molecule has 0 bridgehead atoms. The van der Waals surface area contributed by atoms with Crippen molar-refractivity contribution >= 4 is 29.3 Å². The molecule has 0 radical (unpaired) electrons. The Bertz CT molecular complexity index is 484. The number of carboxylic acids is 1. The molecule has 0 heterocycles. The molecule has 20 heavy (non-hydrogen) atoms. The number of hydrogen-bond acceptors (Lipinski definition) is 4. The second-order valence-electron chi connectivity index (χ2n) is 3.86. The molecule has 108 valence electrons. The zero-order valence-electron chi connectivity index (χ0n) is 11.0. The van der Waals surface area contributed by atoms with E-state index < -0.39 is 12.1 Å². The van der Waals surface area contributed by atoms with Crippen molar-refractivity contribution in [2.45, 2.75) is 19.8 Å². The van der Waals surface area contributed by atoms with Gasteiger partial charge in [-0.2, -0.15) is 0 Å². The summed E-state index contributed by atoms with van der Waals surface area (Å²) in [6.45, 7) is 1.99. The van der Waals surface area contributed by atoms with E-state index >= 15 is 0 Å². The second-order valence-corrected chi connectivity index (χ2v) is 3.86. The van der Waals surface area contributed by atoms with Gasteiger partial charge in [0.15, 0.2) is 0 Å². The van der Waals surface area contributed by atoms with Gasteiger partial charge in [0.25, 0.3) is 0 Å². The zero-order valence-corrected chi connectivity index (χ0v) is 11.0. The van der Waals surface area contributed by atoms with E-state index in [1.807, 2.05) is 0 Å². The monoisotopic (exact) mass is 280 g/mol. The Morgan fingerprint density at radius 2 is 1.60 bits per heavy atom. The number of hydrogen-bond donors (Lipinski definition) is 3. The van der Waals surface area contributed by atoms with Gasteiger partial charge < -0.3 is 15.2 Å². The number of carbonyl (C=O) groups excluding carboxylic acids is 2. The first-order valence-electron chi connectivity index (χ1n) is 6.06. The van der Waals surface area contributed by atoms with Crippen molar-refractivity contribution in [3.63, 3.8) is 0 Å². The van der Waals surface area contributed by atoms with E-state index in [-0.39, 0.29) is 25.4 Å². The molecule has 0 saturated carbocycles. The molecule has 0 fully saturated rings. The number of amides is 2. The molecule has 0 aliphatic heterocycles.